The van der Waals surface area contributed by atoms with Crippen molar-refractivity contribution in [1.82, 2.24) is 0 Å². The molecular weight excluding hydrogens is 281 g/mol. The molecule has 0 aromatic heterocycles. The fraction of sp³-hybridized carbons (Fsp3) is 0.538. The minimum atomic E-state index is -2.15. The summed E-state index contributed by atoms with van der Waals surface area (Å²) >= 11 is 0. The van der Waals surface area contributed by atoms with Crippen molar-refractivity contribution in [3.63, 3.8) is 0 Å². The molecule has 20 heavy (non-hydrogen) atoms. The number of hydrogen-bond donors (Lipinski definition) is 1. The minimum absolute atomic E-state index is 0.148. The molecule has 2 nitrogen and oxygen atoms in total. The number of rotatable bonds is 6. The molecule has 2 rings (SSSR count). The van der Waals surface area contributed by atoms with Crippen LogP contribution in [0.25, 0.3) is 0 Å². The number of nitrogens with one attached hydrogen (secondary N) is 1. The predicted molar refractivity (Wildman–Crippen MR) is 62.9 cm³/mol. The molecule has 0 bridgehead atoms. The third-order valence-electron chi connectivity index (χ3n) is 3.64. The summed E-state index contributed by atoms with van der Waals surface area (Å²) < 4.78 is 70.7. The lowest BCUT2D eigenvalue weighted by Crippen LogP contribution is -2.20. The van der Waals surface area contributed by atoms with Gasteiger partial charge in [0.05, 0.1) is 0 Å². The summed E-state index contributed by atoms with van der Waals surface area (Å²) in [4.78, 5) is 0. The molecule has 0 radical (unpaired) electrons. The molecule has 0 unspecified atom stereocenters. The SMILES string of the molecule is COCCC1(CNc2c(F)c(F)c(F)c(F)c2F)CC1. The average molecular weight is 295 g/mol. The van der Waals surface area contributed by atoms with E-state index in [1.165, 1.54) is 7.11 Å². The smallest absolute Gasteiger partial charge is 0.200 e. The van der Waals surface area contributed by atoms with Crippen molar-refractivity contribution in [2.75, 3.05) is 25.6 Å². The number of halogens is 5. The number of anilines is 1. The highest BCUT2D eigenvalue weighted by atomic mass is 19.2. The van der Waals surface area contributed by atoms with E-state index in [1.54, 1.807) is 0 Å². The van der Waals surface area contributed by atoms with Crippen LogP contribution in [0, 0.1) is 34.5 Å². The third kappa shape index (κ3) is 2.72. The second kappa shape index (κ2) is 5.55. The molecule has 1 saturated carbocycles. The highest BCUT2D eigenvalue weighted by molar-refractivity contribution is 5.48. The van der Waals surface area contributed by atoms with Gasteiger partial charge in [0.2, 0.25) is 5.82 Å². The van der Waals surface area contributed by atoms with E-state index in [2.05, 4.69) is 5.32 Å². The molecule has 0 spiro atoms. The fourth-order valence-corrected chi connectivity index (χ4v) is 2.05. The Morgan fingerprint density at radius 1 is 0.950 bits per heavy atom. The van der Waals surface area contributed by atoms with Crippen LogP contribution in [-0.2, 0) is 4.74 Å². The second-order valence-corrected chi connectivity index (χ2v) is 5.04. The largest absolute Gasteiger partial charge is 0.385 e. The molecule has 1 aliphatic carbocycles. The van der Waals surface area contributed by atoms with E-state index in [4.69, 9.17) is 4.74 Å². The molecule has 0 saturated heterocycles. The Bertz CT molecular complexity index is 487. The summed E-state index contributed by atoms with van der Waals surface area (Å²) in [5.74, 6) is -9.68. The van der Waals surface area contributed by atoms with Crippen molar-refractivity contribution in [2.45, 2.75) is 19.3 Å². The lowest BCUT2D eigenvalue weighted by molar-refractivity contribution is 0.174. The van der Waals surface area contributed by atoms with Crippen LogP contribution >= 0.6 is 0 Å². The molecule has 0 amide bonds. The minimum Gasteiger partial charge on any atom is -0.385 e. The maximum Gasteiger partial charge on any atom is 0.200 e. The summed E-state index contributed by atoms with van der Waals surface area (Å²) in [5, 5.41) is 2.35. The number of methoxy groups -OCH3 is 1. The molecule has 1 N–H and O–H groups in total. The molecule has 112 valence electrons. The van der Waals surface area contributed by atoms with Gasteiger partial charge in [-0.3, -0.25) is 0 Å². The van der Waals surface area contributed by atoms with Gasteiger partial charge in [-0.15, -0.1) is 0 Å². The van der Waals surface area contributed by atoms with E-state index in [1.807, 2.05) is 0 Å². The molecule has 0 atom stereocenters. The lowest BCUT2D eigenvalue weighted by atomic mass is 10.0. The van der Waals surface area contributed by atoms with Gasteiger partial charge in [0.1, 0.15) is 5.69 Å². The van der Waals surface area contributed by atoms with Crippen LogP contribution in [0.4, 0.5) is 27.6 Å². The second-order valence-electron chi connectivity index (χ2n) is 5.04. The number of ether oxygens (including phenoxy) is 1. The first-order valence-corrected chi connectivity index (χ1v) is 6.16. The summed E-state index contributed by atoms with van der Waals surface area (Å²) in [6.45, 7) is 0.632. The third-order valence-corrected chi connectivity index (χ3v) is 3.64. The van der Waals surface area contributed by atoms with Crippen molar-refractivity contribution >= 4 is 5.69 Å². The van der Waals surface area contributed by atoms with Gasteiger partial charge in [-0.2, -0.15) is 0 Å². The van der Waals surface area contributed by atoms with Gasteiger partial charge in [-0.25, -0.2) is 22.0 Å². The quantitative estimate of drug-likeness (QED) is 0.492. The van der Waals surface area contributed by atoms with Crippen molar-refractivity contribution in [3.05, 3.63) is 29.1 Å². The fourth-order valence-electron chi connectivity index (χ4n) is 2.05. The van der Waals surface area contributed by atoms with Gasteiger partial charge < -0.3 is 10.1 Å². The Balaban J connectivity index is 2.14. The summed E-state index contributed by atoms with van der Waals surface area (Å²) in [7, 11) is 1.54. The van der Waals surface area contributed by atoms with Crippen molar-refractivity contribution < 1.29 is 26.7 Å². The van der Waals surface area contributed by atoms with E-state index < -0.39 is 34.8 Å². The van der Waals surface area contributed by atoms with Gasteiger partial charge in [-0.05, 0) is 24.7 Å². The first kappa shape index (κ1) is 15.0. The van der Waals surface area contributed by atoms with Crippen molar-refractivity contribution in [1.29, 1.82) is 0 Å². The van der Waals surface area contributed by atoms with Gasteiger partial charge in [0.15, 0.2) is 23.3 Å². The Kier molecular flexibility index (Phi) is 4.17. The highest BCUT2D eigenvalue weighted by Gasteiger charge is 2.42. The average Bonchev–Trinajstić information content (AvgIpc) is 3.21. The summed E-state index contributed by atoms with van der Waals surface area (Å²) in [5.41, 5.74) is -1.15. The monoisotopic (exact) mass is 295 g/mol. The normalized spacial score (nSPS) is 16.3. The summed E-state index contributed by atoms with van der Waals surface area (Å²) in [6, 6.07) is 0. The van der Waals surface area contributed by atoms with Crippen molar-refractivity contribution in [3.8, 4) is 0 Å². The van der Waals surface area contributed by atoms with Crippen LogP contribution in [0.15, 0.2) is 0 Å². The molecule has 0 aliphatic heterocycles. The van der Waals surface area contributed by atoms with Crippen LogP contribution in [-0.4, -0.2) is 20.3 Å². The van der Waals surface area contributed by atoms with E-state index >= 15 is 0 Å². The van der Waals surface area contributed by atoms with Crippen LogP contribution in [0.1, 0.15) is 19.3 Å². The zero-order valence-corrected chi connectivity index (χ0v) is 10.8. The topological polar surface area (TPSA) is 21.3 Å². The van der Waals surface area contributed by atoms with Gasteiger partial charge in [0, 0.05) is 20.3 Å². The Morgan fingerprint density at radius 2 is 1.45 bits per heavy atom. The van der Waals surface area contributed by atoms with Crippen LogP contribution in [0.3, 0.4) is 0 Å². The maximum absolute atomic E-state index is 13.4. The van der Waals surface area contributed by atoms with Crippen molar-refractivity contribution in [2.24, 2.45) is 5.41 Å². The first-order chi connectivity index (χ1) is 9.42. The molecule has 1 fully saturated rings. The molecule has 7 heteroatoms. The maximum atomic E-state index is 13.4. The Labute approximate surface area is 112 Å². The van der Waals surface area contributed by atoms with E-state index in [0.29, 0.717) is 13.0 Å². The lowest BCUT2D eigenvalue weighted by Gasteiger charge is -2.17. The van der Waals surface area contributed by atoms with E-state index in [-0.39, 0.29) is 12.0 Å². The first-order valence-electron chi connectivity index (χ1n) is 6.16. The zero-order valence-electron chi connectivity index (χ0n) is 10.8. The van der Waals surface area contributed by atoms with Gasteiger partial charge >= 0.3 is 0 Å². The van der Waals surface area contributed by atoms with Crippen LogP contribution < -0.4 is 5.32 Å². The van der Waals surface area contributed by atoms with Gasteiger partial charge in [0.25, 0.3) is 0 Å². The zero-order chi connectivity index (χ0) is 14.9. The highest BCUT2D eigenvalue weighted by Crippen LogP contribution is 2.49. The molecule has 1 aliphatic rings. The molecular formula is C13H14F5NO. The predicted octanol–water partition coefficient (Wildman–Crippen LogP) is 3.61. The number of benzene rings is 1. The Morgan fingerprint density at radius 3 is 1.90 bits per heavy atom. The van der Waals surface area contributed by atoms with Crippen LogP contribution in [0.5, 0.6) is 0 Å². The molecule has 1 aromatic rings. The molecule has 0 heterocycles. The van der Waals surface area contributed by atoms with Gasteiger partial charge in [-0.1, -0.05) is 0 Å². The molecule has 1 aromatic carbocycles. The number of hydrogen-bond acceptors (Lipinski definition) is 2. The van der Waals surface area contributed by atoms with E-state index in [0.717, 1.165) is 12.8 Å². The van der Waals surface area contributed by atoms with E-state index in [9.17, 15) is 22.0 Å². The van der Waals surface area contributed by atoms with Crippen LogP contribution in [0.2, 0.25) is 0 Å². The standard InChI is InChI=1S/C13H14F5NO/c1-20-5-4-13(2-3-13)6-19-12-10(17)8(15)7(14)9(16)11(12)18/h19H,2-6H2,1H3. The summed E-state index contributed by atoms with van der Waals surface area (Å²) in [6.07, 6.45) is 2.34. The Hall–Kier alpha value is -1.37.